The molecule has 2 aromatic carbocycles. The van der Waals surface area contributed by atoms with Gasteiger partial charge < -0.3 is 9.84 Å². The number of pyridine rings is 1. The number of amides is 1. The second-order valence-electron chi connectivity index (χ2n) is 5.98. The van der Waals surface area contributed by atoms with Crippen LogP contribution in [0.1, 0.15) is 17.0 Å². The lowest BCUT2D eigenvalue weighted by molar-refractivity contribution is 0.158. The molecule has 0 fully saturated rings. The SMILES string of the molecule is O=C(Nc1cc(O)cnc1Cl)OCC1c2ccccc2-c2ccccc21. The highest BCUT2D eigenvalue weighted by Gasteiger charge is 2.29. The van der Waals surface area contributed by atoms with Gasteiger partial charge in [-0.3, -0.25) is 5.32 Å². The van der Waals surface area contributed by atoms with Crippen LogP contribution in [0.5, 0.6) is 5.75 Å². The molecule has 1 heterocycles. The van der Waals surface area contributed by atoms with Crippen LogP contribution >= 0.6 is 11.6 Å². The summed E-state index contributed by atoms with van der Waals surface area (Å²) in [7, 11) is 0. The molecule has 0 atom stereocenters. The molecule has 130 valence electrons. The van der Waals surface area contributed by atoms with E-state index in [-0.39, 0.29) is 29.1 Å². The van der Waals surface area contributed by atoms with Crippen LogP contribution in [0, 0.1) is 0 Å². The van der Waals surface area contributed by atoms with E-state index in [1.165, 1.54) is 12.3 Å². The van der Waals surface area contributed by atoms with Gasteiger partial charge in [-0.25, -0.2) is 9.78 Å². The molecule has 0 spiro atoms. The molecule has 3 aromatic rings. The van der Waals surface area contributed by atoms with E-state index in [0.29, 0.717) is 0 Å². The second kappa shape index (κ2) is 6.69. The molecule has 1 aromatic heterocycles. The number of rotatable bonds is 3. The van der Waals surface area contributed by atoms with Crippen molar-refractivity contribution in [2.45, 2.75) is 5.92 Å². The number of hydrogen-bond acceptors (Lipinski definition) is 4. The quantitative estimate of drug-likeness (QED) is 0.653. The van der Waals surface area contributed by atoms with Gasteiger partial charge in [0.1, 0.15) is 12.4 Å². The number of carbonyl (C=O) groups excluding carboxylic acids is 1. The van der Waals surface area contributed by atoms with Crippen LogP contribution in [-0.4, -0.2) is 22.8 Å². The molecule has 0 unspecified atom stereocenters. The fourth-order valence-electron chi connectivity index (χ4n) is 3.27. The lowest BCUT2D eigenvalue weighted by Gasteiger charge is -2.14. The number of nitrogens with zero attached hydrogens (tertiary/aromatic N) is 1. The zero-order chi connectivity index (χ0) is 18.1. The summed E-state index contributed by atoms with van der Waals surface area (Å²) in [5.41, 5.74) is 4.80. The lowest BCUT2D eigenvalue weighted by Crippen LogP contribution is -2.18. The zero-order valence-corrected chi connectivity index (χ0v) is 14.4. The summed E-state index contributed by atoms with van der Waals surface area (Å²) < 4.78 is 5.42. The van der Waals surface area contributed by atoms with Crippen molar-refractivity contribution in [1.82, 2.24) is 4.98 Å². The standard InChI is InChI=1S/C20H15ClN2O3/c21-19-18(9-12(24)10-22-19)23-20(25)26-11-17-15-7-3-1-5-13(15)14-6-2-4-8-16(14)17/h1-10,17,24H,11H2,(H,23,25). The number of anilines is 1. The number of carbonyl (C=O) groups is 1. The molecule has 5 nitrogen and oxygen atoms in total. The summed E-state index contributed by atoms with van der Waals surface area (Å²) in [4.78, 5) is 15.9. The Morgan fingerprint density at radius 2 is 1.73 bits per heavy atom. The molecule has 0 radical (unpaired) electrons. The topological polar surface area (TPSA) is 71.5 Å². The molecule has 6 heteroatoms. The Kier molecular flexibility index (Phi) is 4.22. The monoisotopic (exact) mass is 366 g/mol. The maximum Gasteiger partial charge on any atom is 0.411 e. The Bertz CT molecular complexity index is 945. The summed E-state index contributed by atoms with van der Waals surface area (Å²) >= 11 is 5.91. The number of aromatic hydroxyl groups is 1. The largest absolute Gasteiger partial charge is 0.506 e. The molecule has 4 rings (SSSR count). The highest BCUT2D eigenvalue weighted by Crippen LogP contribution is 2.44. The van der Waals surface area contributed by atoms with Crippen LogP contribution in [0.3, 0.4) is 0 Å². The third-order valence-electron chi connectivity index (χ3n) is 4.41. The summed E-state index contributed by atoms with van der Waals surface area (Å²) in [6.45, 7) is 0.198. The summed E-state index contributed by atoms with van der Waals surface area (Å²) in [5.74, 6) is -0.116. The number of nitrogens with one attached hydrogen (secondary N) is 1. The van der Waals surface area contributed by atoms with Gasteiger partial charge in [-0.2, -0.15) is 0 Å². The molecular formula is C20H15ClN2O3. The van der Waals surface area contributed by atoms with E-state index in [2.05, 4.69) is 34.6 Å². The molecule has 1 amide bonds. The molecule has 0 aliphatic heterocycles. The van der Waals surface area contributed by atoms with Crippen LogP contribution in [0.15, 0.2) is 60.8 Å². The van der Waals surface area contributed by atoms with Crippen molar-refractivity contribution in [2.75, 3.05) is 11.9 Å². The van der Waals surface area contributed by atoms with Gasteiger partial charge in [0.25, 0.3) is 0 Å². The average molecular weight is 367 g/mol. The van der Waals surface area contributed by atoms with Crippen LogP contribution in [0.2, 0.25) is 5.15 Å². The Morgan fingerprint density at radius 1 is 1.12 bits per heavy atom. The van der Waals surface area contributed by atoms with Crippen molar-refractivity contribution in [3.63, 3.8) is 0 Å². The van der Waals surface area contributed by atoms with E-state index >= 15 is 0 Å². The predicted molar refractivity (Wildman–Crippen MR) is 99.6 cm³/mol. The number of ether oxygens (including phenoxy) is 1. The Labute approximate surface area is 155 Å². The van der Waals surface area contributed by atoms with Crippen LogP contribution in [0.25, 0.3) is 11.1 Å². The third-order valence-corrected chi connectivity index (χ3v) is 4.71. The molecule has 0 bridgehead atoms. The van der Waals surface area contributed by atoms with E-state index in [1.807, 2.05) is 24.3 Å². The fourth-order valence-corrected chi connectivity index (χ4v) is 3.42. The van der Waals surface area contributed by atoms with Gasteiger partial charge in [-0.1, -0.05) is 60.1 Å². The van der Waals surface area contributed by atoms with Gasteiger partial charge >= 0.3 is 6.09 Å². The van der Waals surface area contributed by atoms with Crippen LogP contribution in [-0.2, 0) is 4.74 Å². The number of aromatic nitrogens is 1. The first kappa shape index (κ1) is 16.4. The zero-order valence-electron chi connectivity index (χ0n) is 13.6. The molecule has 26 heavy (non-hydrogen) atoms. The average Bonchev–Trinajstić information content (AvgIpc) is 2.97. The fraction of sp³-hybridized carbons (Fsp3) is 0.100. The number of halogens is 1. The van der Waals surface area contributed by atoms with Crippen molar-refractivity contribution in [3.8, 4) is 16.9 Å². The van der Waals surface area contributed by atoms with Crippen LogP contribution < -0.4 is 5.32 Å². The maximum absolute atomic E-state index is 12.2. The Balaban J connectivity index is 1.51. The molecular weight excluding hydrogens is 352 g/mol. The predicted octanol–water partition coefficient (Wildman–Crippen LogP) is 4.80. The summed E-state index contributed by atoms with van der Waals surface area (Å²) in [5, 5.41) is 12.0. The van der Waals surface area contributed by atoms with E-state index in [1.54, 1.807) is 0 Å². The van der Waals surface area contributed by atoms with E-state index in [0.717, 1.165) is 22.3 Å². The molecule has 0 saturated heterocycles. The van der Waals surface area contributed by atoms with Crippen molar-refractivity contribution < 1.29 is 14.6 Å². The second-order valence-corrected chi connectivity index (χ2v) is 6.34. The minimum atomic E-state index is -0.652. The number of fused-ring (bicyclic) bond motifs is 3. The number of benzene rings is 2. The molecule has 1 aliphatic carbocycles. The van der Waals surface area contributed by atoms with E-state index in [9.17, 15) is 9.90 Å². The van der Waals surface area contributed by atoms with Gasteiger partial charge in [0.15, 0.2) is 5.15 Å². The van der Waals surface area contributed by atoms with Gasteiger partial charge in [0.2, 0.25) is 0 Å². The van der Waals surface area contributed by atoms with E-state index < -0.39 is 6.09 Å². The normalized spacial score (nSPS) is 12.3. The first-order valence-corrected chi connectivity index (χ1v) is 8.48. The number of hydrogen-bond donors (Lipinski definition) is 2. The Hall–Kier alpha value is -3.05. The maximum atomic E-state index is 12.2. The highest BCUT2D eigenvalue weighted by molar-refractivity contribution is 6.32. The first-order valence-electron chi connectivity index (χ1n) is 8.10. The molecule has 1 aliphatic rings. The van der Waals surface area contributed by atoms with Crippen molar-refractivity contribution >= 4 is 23.4 Å². The van der Waals surface area contributed by atoms with Crippen LogP contribution in [0.4, 0.5) is 10.5 Å². The van der Waals surface area contributed by atoms with Crippen molar-refractivity contribution in [2.24, 2.45) is 0 Å². The summed E-state index contributed by atoms with van der Waals surface area (Å²) in [6.07, 6.45) is 0.548. The first-order chi connectivity index (χ1) is 12.6. The smallest absolute Gasteiger partial charge is 0.411 e. The lowest BCUT2D eigenvalue weighted by atomic mass is 9.98. The molecule has 2 N–H and O–H groups in total. The van der Waals surface area contributed by atoms with Gasteiger partial charge in [0.05, 0.1) is 11.9 Å². The highest BCUT2D eigenvalue weighted by atomic mass is 35.5. The van der Waals surface area contributed by atoms with Crippen molar-refractivity contribution in [3.05, 3.63) is 77.1 Å². The van der Waals surface area contributed by atoms with Gasteiger partial charge in [0, 0.05) is 12.0 Å². The minimum Gasteiger partial charge on any atom is -0.506 e. The molecule has 0 saturated carbocycles. The Morgan fingerprint density at radius 3 is 2.38 bits per heavy atom. The van der Waals surface area contributed by atoms with Gasteiger partial charge in [-0.05, 0) is 22.3 Å². The minimum absolute atomic E-state index is 0.0223. The van der Waals surface area contributed by atoms with Crippen molar-refractivity contribution in [1.29, 1.82) is 0 Å². The summed E-state index contributed by atoms with van der Waals surface area (Å²) in [6, 6.07) is 17.5. The third kappa shape index (κ3) is 2.97. The van der Waals surface area contributed by atoms with E-state index in [4.69, 9.17) is 16.3 Å². The van der Waals surface area contributed by atoms with Gasteiger partial charge in [-0.15, -0.1) is 0 Å².